The van der Waals surface area contributed by atoms with Gasteiger partial charge in [-0.15, -0.1) is 0 Å². The van der Waals surface area contributed by atoms with Gasteiger partial charge in [0.25, 0.3) is 0 Å². The standard InChI is InChI=1S/C21H27N5O4/c1-12(2)16-9-15(30-26-16)11-24-21-23-10-14(20(22)25-21)6-13-7-17(27-3)19(29-5)18(8-13)28-4/h7-10,12H,6,11H2,1-5H3,(H3,22,23,24,25). The van der Waals surface area contributed by atoms with E-state index in [4.69, 9.17) is 24.5 Å². The van der Waals surface area contributed by atoms with Crippen LogP contribution < -0.4 is 25.3 Å². The highest BCUT2D eigenvalue weighted by molar-refractivity contribution is 5.55. The molecular formula is C21H27N5O4. The highest BCUT2D eigenvalue weighted by atomic mass is 16.5. The molecule has 0 aliphatic heterocycles. The highest BCUT2D eigenvalue weighted by Crippen LogP contribution is 2.38. The number of aromatic nitrogens is 3. The van der Waals surface area contributed by atoms with Crippen molar-refractivity contribution in [1.29, 1.82) is 0 Å². The molecule has 3 aromatic rings. The molecule has 3 rings (SSSR count). The minimum atomic E-state index is 0.309. The number of hydrogen-bond acceptors (Lipinski definition) is 9. The first kappa shape index (κ1) is 21.2. The molecule has 9 nitrogen and oxygen atoms in total. The van der Waals surface area contributed by atoms with Gasteiger partial charge < -0.3 is 29.8 Å². The number of anilines is 2. The minimum Gasteiger partial charge on any atom is -0.493 e. The fraction of sp³-hybridized carbons (Fsp3) is 0.381. The Morgan fingerprint density at radius 3 is 2.30 bits per heavy atom. The van der Waals surface area contributed by atoms with E-state index < -0.39 is 0 Å². The summed E-state index contributed by atoms with van der Waals surface area (Å²) in [6.45, 7) is 4.54. The molecule has 30 heavy (non-hydrogen) atoms. The number of methoxy groups -OCH3 is 3. The Bertz CT molecular complexity index is 978. The van der Waals surface area contributed by atoms with Crippen molar-refractivity contribution in [3.8, 4) is 17.2 Å². The van der Waals surface area contributed by atoms with Crippen molar-refractivity contribution in [3.63, 3.8) is 0 Å². The zero-order chi connectivity index (χ0) is 21.7. The van der Waals surface area contributed by atoms with Crippen molar-refractivity contribution in [1.82, 2.24) is 15.1 Å². The van der Waals surface area contributed by atoms with Gasteiger partial charge in [0.2, 0.25) is 11.7 Å². The molecule has 9 heteroatoms. The number of nitrogens with one attached hydrogen (secondary N) is 1. The zero-order valence-corrected chi connectivity index (χ0v) is 17.9. The van der Waals surface area contributed by atoms with Gasteiger partial charge in [0, 0.05) is 24.2 Å². The predicted molar refractivity (Wildman–Crippen MR) is 113 cm³/mol. The van der Waals surface area contributed by atoms with Crippen LogP contribution in [0.2, 0.25) is 0 Å². The summed E-state index contributed by atoms with van der Waals surface area (Å²) in [5.74, 6) is 3.53. The molecule has 0 unspecified atom stereocenters. The first-order chi connectivity index (χ1) is 14.4. The molecule has 1 aromatic carbocycles. The fourth-order valence-corrected chi connectivity index (χ4v) is 2.95. The maximum absolute atomic E-state index is 6.17. The van der Waals surface area contributed by atoms with Crippen LogP contribution in [0.1, 0.15) is 42.3 Å². The average Bonchev–Trinajstić information content (AvgIpc) is 3.22. The SMILES string of the molecule is COc1cc(Cc2cnc(NCc3cc(C(C)C)no3)nc2N)cc(OC)c1OC. The Kier molecular flexibility index (Phi) is 6.61. The van der Waals surface area contributed by atoms with E-state index in [1.165, 1.54) is 0 Å². The second-order valence-corrected chi connectivity index (χ2v) is 7.04. The number of benzene rings is 1. The maximum atomic E-state index is 6.17. The second-order valence-electron chi connectivity index (χ2n) is 7.04. The molecule has 0 atom stereocenters. The van der Waals surface area contributed by atoms with Gasteiger partial charge in [0.05, 0.1) is 33.6 Å². The zero-order valence-electron chi connectivity index (χ0n) is 17.9. The Hall–Kier alpha value is -3.49. The largest absolute Gasteiger partial charge is 0.493 e. The van der Waals surface area contributed by atoms with Crippen molar-refractivity contribution in [3.05, 3.63) is 47.0 Å². The molecule has 0 fully saturated rings. The molecule has 0 aliphatic carbocycles. The molecule has 2 heterocycles. The number of nitrogens with zero attached hydrogens (tertiary/aromatic N) is 3. The molecule has 0 saturated carbocycles. The number of rotatable bonds is 9. The van der Waals surface area contributed by atoms with Gasteiger partial charge in [0.1, 0.15) is 5.82 Å². The molecule has 0 spiro atoms. The van der Waals surface area contributed by atoms with Crippen LogP contribution in [0.4, 0.5) is 11.8 Å². The maximum Gasteiger partial charge on any atom is 0.224 e. The third-order valence-electron chi connectivity index (χ3n) is 4.61. The van der Waals surface area contributed by atoms with Crippen LogP contribution in [0.3, 0.4) is 0 Å². The lowest BCUT2D eigenvalue weighted by atomic mass is 10.1. The minimum absolute atomic E-state index is 0.309. The highest BCUT2D eigenvalue weighted by Gasteiger charge is 2.15. The monoisotopic (exact) mass is 413 g/mol. The van der Waals surface area contributed by atoms with Gasteiger partial charge in [-0.05, 0) is 23.6 Å². The van der Waals surface area contributed by atoms with Gasteiger partial charge in [0.15, 0.2) is 17.3 Å². The van der Waals surface area contributed by atoms with Crippen molar-refractivity contribution >= 4 is 11.8 Å². The average molecular weight is 413 g/mol. The van der Waals surface area contributed by atoms with Gasteiger partial charge in [-0.2, -0.15) is 4.98 Å². The Labute approximate surface area is 175 Å². The van der Waals surface area contributed by atoms with Crippen LogP contribution in [0, 0.1) is 0 Å². The summed E-state index contributed by atoms with van der Waals surface area (Å²) >= 11 is 0. The molecular weight excluding hydrogens is 386 g/mol. The summed E-state index contributed by atoms with van der Waals surface area (Å²) in [6.07, 6.45) is 2.22. The summed E-state index contributed by atoms with van der Waals surface area (Å²) in [7, 11) is 4.73. The van der Waals surface area contributed by atoms with Gasteiger partial charge in [-0.1, -0.05) is 19.0 Å². The number of nitrogen functional groups attached to an aromatic ring is 1. The molecule has 2 aromatic heterocycles. The molecule has 0 bridgehead atoms. The van der Waals surface area contributed by atoms with E-state index in [0.717, 1.165) is 16.8 Å². The molecule has 160 valence electrons. The smallest absolute Gasteiger partial charge is 0.224 e. The van der Waals surface area contributed by atoms with E-state index in [9.17, 15) is 0 Å². The summed E-state index contributed by atoms with van der Waals surface area (Å²) in [6, 6.07) is 5.67. The molecule has 3 N–H and O–H groups in total. The quantitative estimate of drug-likeness (QED) is 0.544. The lowest BCUT2D eigenvalue weighted by molar-refractivity contribution is 0.324. The van der Waals surface area contributed by atoms with E-state index in [-0.39, 0.29) is 0 Å². The van der Waals surface area contributed by atoms with Crippen molar-refractivity contribution in [2.45, 2.75) is 32.7 Å². The van der Waals surface area contributed by atoms with Crippen LogP contribution >= 0.6 is 0 Å². The van der Waals surface area contributed by atoms with Crippen LogP contribution in [-0.4, -0.2) is 36.5 Å². The van der Waals surface area contributed by atoms with Crippen molar-refractivity contribution < 1.29 is 18.7 Å². The van der Waals surface area contributed by atoms with Crippen LogP contribution in [0.25, 0.3) is 0 Å². The summed E-state index contributed by atoms with van der Waals surface area (Å²) < 4.78 is 21.5. The van der Waals surface area contributed by atoms with Gasteiger partial charge in [-0.25, -0.2) is 4.98 Å². The van der Waals surface area contributed by atoms with E-state index in [0.29, 0.717) is 53.7 Å². The Morgan fingerprint density at radius 1 is 1.07 bits per heavy atom. The Morgan fingerprint density at radius 2 is 1.77 bits per heavy atom. The second kappa shape index (κ2) is 9.34. The molecule has 0 radical (unpaired) electrons. The topological polar surface area (TPSA) is 118 Å². The van der Waals surface area contributed by atoms with Crippen molar-refractivity contribution in [2.75, 3.05) is 32.4 Å². The molecule has 0 amide bonds. The fourth-order valence-electron chi connectivity index (χ4n) is 2.95. The van der Waals surface area contributed by atoms with Crippen LogP contribution in [0.15, 0.2) is 28.9 Å². The first-order valence-electron chi connectivity index (χ1n) is 9.54. The van der Waals surface area contributed by atoms with E-state index >= 15 is 0 Å². The normalized spacial score (nSPS) is 10.9. The third kappa shape index (κ3) is 4.73. The summed E-state index contributed by atoms with van der Waals surface area (Å²) in [4.78, 5) is 8.71. The predicted octanol–water partition coefficient (Wildman–Crippen LogP) is 3.40. The van der Waals surface area contributed by atoms with E-state index in [1.807, 2.05) is 18.2 Å². The number of nitrogens with two attached hydrogens (primary N) is 1. The van der Waals surface area contributed by atoms with Crippen LogP contribution in [0.5, 0.6) is 17.2 Å². The third-order valence-corrected chi connectivity index (χ3v) is 4.61. The Balaban J connectivity index is 1.72. The summed E-state index contributed by atoms with van der Waals surface area (Å²) in [5, 5.41) is 7.14. The van der Waals surface area contributed by atoms with Crippen molar-refractivity contribution in [2.24, 2.45) is 0 Å². The van der Waals surface area contributed by atoms with E-state index in [2.05, 4.69) is 34.3 Å². The molecule has 0 aliphatic rings. The summed E-state index contributed by atoms with van der Waals surface area (Å²) in [5.41, 5.74) is 8.80. The van der Waals surface area contributed by atoms with Gasteiger partial charge in [-0.3, -0.25) is 0 Å². The number of ether oxygens (including phenoxy) is 3. The molecule has 0 saturated heterocycles. The lowest BCUT2D eigenvalue weighted by Crippen LogP contribution is -2.07. The van der Waals surface area contributed by atoms with Gasteiger partial charge >= 0.3 is 0 Å². The van der Waals surface area contributed by atoms with E-state index in [1.54, 1.807) is 27.5 Å². The number of hydrogen-bond donors (Lipinski definition) is 2. The first-order valence-corrected chi connectivity index (χ1v) is 9.54. The lowest BCUT2D eigenvalue weighted by Gasteiger charge is -2.14. The van der Waals surface area contributed by atoms with Crippen LogP contribution in [-0.2, 0) is 13.0 Å².